The minimum absolute atomic E-state index is 0.689. The molecule has 2 fully saturated rings. The Morgan fingerprint density at radius 2 is 2.20 bits per heavy atom. The molecule has 0 aromatic rings. The van der Waals surface area contributed by atoms with Gasteiger partial charge in [-0.3, -0.25) is 0 Å². The molecule has 1 spiro atoms. The summed E-state index contributed by atoms with van der Waals surface area (Å²) in [6.07, 6.45) is 13.7. The first-order valence-electron chi connectivity index (χ1n) is 4.28. The van der Waals surface area contributed by atoms with Gasteiger partial charge in [0.05, 0.1) is 0 Å². The molecular weight excluding hydrogens is 120 g/mol. The van der Waals surface area contributed by atoms with Crippen molar-refractivity contribution in [2.24, 2.45) is 17.3 Å². The molecule has 0 radical (unpaired) electrons. The number of hydrogen-bond acceptors (Lipinski definition) is 0. The summed E-state index contributed by atoms with van der Waals surface area (Å²) in [6, 6.07) is 0. The lowest BCUT2D eigenvalue weighted by Crippen LogP contribution is -2.09. The monoisotopic (exact) mass is 132 g/mol. The zero-order chi connectivity index (χ0) is 6.60. The van der Waals surface area contributed by atoms with Crippen LogP contribution in [0, 0.1) is 17.3 Å². The largest absolute Gasteiger partial charge is 0.0806 e. The second kappa shape index (κ2) is 1.39. The predicted octanol–water partition coefficient (Wildman–Crippen LogP) is 2.53. The molecule has 3 aliphatic carbocycles. The standard InChI is InChI=1S/C10H12/c1-2-6-10-7-9(10)5-4-8(10)3-1/h1-3,6,8-9H,4-5,7H2. The summed E-state index contributed by atoms with van der Waals surface area (Å²) in [7, 11) is 0. The second-order valence-electron chi connectivity index (χ2n) is 3.94. The van der Waals surface area contributed by atoms with E-state index < -0.39 is 0 Å². The maximum absolute atomic E-state index is 2.45. The maximum atomic E-state index is 2.45. The molecule has 0 heteroatoms. The van der Waals surface area contributed by atoms with E-state index in [9.17, 15) is 0 Å². The van der Waals surface area contributed by atoms with Gasteiger partial charge in [0.25, 0.3) is 0 Å². The Morgan fingerprint density at radius 3 is 3.00 bits per heavy atom. The summed E-state index contributed by atoms with van der Waals surface area (Å²) in [5.41, 5.74) is 0.689. The number of rotatable bonds is 0. The molecule has 0 N–H and O–H groups in total. The van der Waals surface area contributed by atoms with Crippen LogP contribution in [0.4, 0.5) is 0 Å². The van der Waals surface area contributed by atoms with E-state index in [0.717, 1.165) is 11.8 Å². The van der Waals surface area contributed by atoms with Gasteiger partial charge < -0.3 is 0 Å². The molecule has 0 aromatic heterocycles. The van der Waals surface area contributed by atoms with Gasteiger partial charge in [-0.05, 0) is 36.5 Å². The Morgan fingerprint density at radius 1 is 1.20 bits per heavy atom. The summed E-state index contributed by atoms with van der Waals surface area (Å²) >= 11 is 0. The van der Waals surface area contributed by atoms with Crippen LogP contribution in [0.1, 0.15) is 19.3 Å². The first-order valence-corrected chi connectivity index (χ1v) is 4.28. The van der Waals surface area contributed by atoms with Crippen LogP contribution < -0.4 is 0 Å². The zero-order valence-electron chi connectivity index (χ0n) is 6.09. The molecule has 3 unspecified atom stereocenters. The van der Waals surface area contributed by atoms with E-state index in [2.05, 4.69) is 24.3 Å². The third kappa shape index (κ3) is 0.416. The fourth-order valence-electron chi connectivity index (χ4n) is 2.88. The third-order valence-electron chi connectivity index (χ3n) is 3.58. The van der Waals surface area contributed by atoms with Crippen molar-refractivity contribution in [3.8, 4) is 0 Å². The molecule has 52 valence electrons. The van der Waals surface area contributed by atoms with Crippen molar-refractivity contribution in [1.82, 2.24) is 0 Å². The molecule has 3 aliphatic rings. The Labute approximate surface area is 61.6 Å². The molecule has 0 amide bonds. The highest BCUT2D eigenvalue weighted by molar-refractivity contribution is 5.30. The quantitative estimate of drug-likeness (QED) is 0.475. The maximum Gasteiger partial charge on any atom is -0.00208 e. The topological polar surface area (TPSA) is 0 Å². The summed E-state index contributed by atoms with van der Waals surface area (Å²) in [5, 5.41) is 0. The third-order valence-corrected chi connectivity index (χ3v) is 3.58. The second-order valence-corrected chi connectivity index (χ2v) is 3.94. The molecule has 2 saturated carbocycles. The van der Waals surface area contributed by atoms with Crippen molar-refractivity contribution >= 4 is 0 Å². The summed E-state index contributed by atoms with van der Waals surface area (Å²) in [6.45, 7) is 0. The minimum atomic E-state index is 0.689. The van der Waals surface area contributed by atoms with Gasteiger partial charge >= 0.3 is 0 Å². The molecule has 0 bridgehead atoms. The van der Waals surface area contributed by atoms with Gasteiger partial charge in [0.15, 0.2) is 0 Å². The van der Waals surface area contributed by atoms with Gasteiger partial charge in [-0.2, -0.15) is 0 Å². The van der Waals surface area contributed by atoms with Crippen molar-refractivity contribution in [2.45, 2.75) is 19.3 Å². The van der Waals surface area contributed by atoms with Crippen molar-refractivity contribution in [2.75, 3.05) is 0 Å². The molecule has 3 rings (SSSR count). The molecule has 3 atom stereocenters. The smallest absolute Gasteiger partial charge is 0.00208 e. The summed E-state index contributed by atoms with van der Waals surface area (Å²) in [5.74, 6) is 1.99. The molecule has 0 heterocycles. The summed E-state index contributed by atoms with van der Waals surface area (Å²) < 4.78 is 0. The van der Waals surface area contributed by atoms with Crippen molar-refractivity contribution in [3.05, 3.63) is 24.3 Å². The van der Waals surface area contributed by atoms with Crippen LogP contribution in [0.2, 0.25) is 0 Å². The Kier molecular flexibility index (Phi) is 0.719. The predicted molar refractivity (Wildman–Crippen MR) is 41.5 cm³/mol. The van der Waals surface area contributed by atoms with Gasteiger partial charge in [-0.15, -0.1) is 0 Å². The Bertz CT molecular complexity index is 224. The van der Waals surface area contributed by atoms with Crippen LogP contribution in [-0.4, -0.2) is 0 Å². The lowest BCUT2D eigenvalue weighted by atomic mass is 9.87. The molecule has 0 aliphatic heterocycles. The van der Waals surface area contributed by atoms with Gasteiger partial charge in [-0.1, -0.05) is 24.3 Å². The first-order chi connectivity index (χ1) is 4.92. The van der Waals surface area contributed by atoms with Crippen molar-refractivity contribution in [1.29, 1.82) is 0 Å². The first kappa shape index (κ1) is 5.17. The lowest BCUT2D eigenvalue weighted by Gasteiger charge is -2.18. The van der Waals surface area contributed by atoms with Crippen LogP contribution in [0.15, 0.2) is 24.3 Å². The van der Waals surface area contributed by atoms with Gasteiger partial charge in [0.1, 0.15) is 0 Å². The van der Waals surface area contributed by atoms with Crippen LogP contribution in [0.3, 0.4) is 0 Å². The van der Waals surface area contributed by atoms with Crippen LogP contribution >= 0.6 is 0 Å². The molecule has 0 aromatic carbocycles. The van der Waals surface area contributed by atoms with Crippen molar-refractivity contribution in [3.63, 3.8) is 0 Å². The highest BCUT2D eigenvalue weighted by atomic mass is 14.6. The number of hydrogen-bond donors (Lipinski definition) is 0. The van der Waals surface area contributed by atoms with Gasteiger partial charge in [0, 0.05) is 0 Å². The fraction of sp³-hybridized carbons (Fsp3) is 0.600. The van der Waals surface area contributed by atoms with E-state index in [0.29, 0.717) is 5.41 Å². The highest BCUT2D eigenvalue weighted by Crippen LogP contribution is 2.68. The van der Waals surface area contributed by atoms with Gasteiger partial charge in [-0.25, -0.2) is 0 Å². The molecule has 0 nitrogen and oxygen atoms in total. The highest BCUT2D eigenvalue weighted by Gasteiger charge is 2.60. The minimum Gasteiger partial charge on any atom is -0.0806 e. The number of allylic oxidation sites excluding steroid dienone is 4. The molecule has 0 saturated heterocycles. The molecular formula is C10H12. The SMILES string of the molecule is C1=CC2CCC3CC23C=C1. The fourth-order valence-corrected chi connectivity index (χ4v) is 2.88. The van der Waals surface area contributed by atoms with E-state index in [4.69, 9.17) is 0 Å². The Hall–Kier alpha value is -0.520. The van der Waals surface area contributed by atoms with E-state index in [1.54, 1.807) is 0 Å². The average molecular weight is 132 g/mol. The van der Waals surface area contributed by atoms with E-state index in [1.165, 1.54) is 19.3 Å². The van der Waals surface area contributed by atoms with Crippen LogP contribution in [0.25, 0.3) is 0 Å². The average Bonchev–Trinajstić information content (AvgIpc) is 2.55. The van der Waals surface area contributed by atoms with E-state index in [1.807, 2.05) is 0 Å². The van der Waals surface area contributed by atoms with E-state index in [-0.39, 0.29) is 0 Å². The van der Waals surface area contributed by atoms with Crippen LogP contribution in [-0.2, 0) is 0 Å². The Balaban J connectivity index is 2.06. The van der Waals surface area contributed by atoms with E-state index >= 15 is 0 Å². The lowest BCUT2D eigenvalue weighted by molar-refractivity contribution is 0.481. The van der Waals surface area contributed by atoms with Crippen molar-refractivity contribution < 1.29 is 0 Å². The molecule has 10 heavy (non-hydrogen) atoms. The summed E-state index contributed by atoms with van der Waals surface area (Å²) in [4.78, 5) is 0. The van der Waals surface area contributed by atoms with Crippen LogP contribution in [0.5, 0.6) is 0 Å². The van der Waals surface area contributed by atoms with Gasteiger partial charge in [0.2, 0.25) is 0 Å². The normalized spacial score (nSPS) is 54.4. The zero-order valence-corrected chi connectivity index (χ0v) is 6.09.